The van der Waals surface area contributed by atoms with Gasteiger partial charge in [-0.05, 0) is 42.5 Å². The maximum Gasteiger partial charge on any atom is 0.277 e. The van der Waals surface area contributed by atoms with E-state index in [9.17, 15) is 4.79 Å². The first-order chi connectivity index (χ1) is 12.0. The Kier molecular flexibility index (Phi) is 6.21. The minimum atomic E-state index is -0.394. The van der Waals surface area contributed by atoms with E-state index in [2.05, 4.69) is 15.5 Å². The Labute approximate surface area is 160 Å². The largest absolute Gasteiger partial charge is 0.370 e. The van der Waals surface area contributed by atoms with E-state index in [4.69, 9.17) is 27.6 Å². The molecule has 0 unspecified atom stereocenters. The summed E-state index contributed by atoms with van der Waals surface area (Å²) in [4.78, 5) is 16.2. The van der Waals surface area contributed by atoms with Gasteiger partial charge in [-0.3, -0.25) is 4.79 Å². The molecular formula is C17H15Cl2N5O2. The predicted octanol–water partition coefficient (Wildman–Crippen LogP) is 3.57. The van der Waals surface area contributed by atoms with Gasteiger partial charge < -0.3 is 21.3 Å². The summed E-state index contributed by atoms with van der Waals surface area (Å²) in [6.45, 7) is 0. The van der Waals surface area contributed by atoms with Crippen molar-refractivity contribution in [3.63, 3.8) is 0 Å². The summed E-state index contributed by atoms with van der Waals surface area (Å²) < 4.78 is 5.23. The third-order valence-corrected chi connectivity index (χ3v) is 3.47. The van der Waals surface area contributed by atoms with Crippen LogP contribution in [0.4, 0.5) is 11.4 Å². The lowest BCUT2D eigenvalue weighted by atomic mass is 10.1. The van der Waals surface area contributed by atoms with E-state index in [-0.39, 0.29) is 24.1 Å². The maximum atomic E-state index is 12.2. The quantitative estimate of drug-likeness (QED) is 0.463. The number of aromatic nitrogens is 1. The molecule has 26 heavy (non-hydrogen) atoms. The number of hydrogen-bond acceptors (Lipinski definition) is 4. The second-order valence-corrected chi connectivity index (χ2v) is 5.56. The van der Waals surface area contributed by atoms with Gasteiger partial charge in [-0.2, -0.15) is 0 Å². The van der Waals surface area contributed by atoms with Gasteiger partial charge in [0.25, 0.3) is 5.91 Å². The van der Waals surface area contributed by atoms with Crippen LogP contribution in [-0.2, 0) is 0 Å². The molecule has 0 saturated carbocycles. The summed E-state index contributed by atoms with van der Waals surface area (Å²) in [5, 5.41) is 7.02. The summed E-state index contributed by atoms with van der Waals surface area (Å²) in [7, 11) is 0. The zero-order chi connectivity index (χ0) is 17.8. The van der Waals surface area contributed by atoms with Crippen molar-refractivity contribution in [2.24, 2.45) is 16.5 Å². The number of benzene rings is 2. The molecule has 0 aliphatic rings. The van der Waals surface area contributed by atoms with Gasteiger partial charge in [0, 0.05) is 22.3 Å². The molecule has 0 fully saturated rings. The van der Waals surface area contributed by atoms with Crippen LogP contribution in [0.5, 0.6) is 0 Å². The lowest BCUT2D eigenvalue weighted by molar-refractivity contribution is 0.101. The van der Waals surface area contributed by atoms with Crippen molar-refractivity contribution in [3.8, 4) is 11.3 Å². The number of anilines is 1. The van der Waals surface area contributed by atoms with Crippen molar-refractivity contribution in [3.05, 3.63) is 65.3 Å². The van der Waals surface area contributed by atoms with E-state index in [1.54, 1.807) is 54.6 Å². The SMILES string of the molecule is Cl.NC(N)=Nc1ccc(-c2cc(C(=O)Nc3cccc(Cl)c3)no2)cc1. The third-order valence-electron chi connectivity index (χ3n) is 3.24. The van der Waals surface area contributed by atoms with E-state index < -0.39 is 5.91 Å². The molecule has 3 rings (SSSR count). The number of halogens is 2. The number of guanidine groups is 1. The monoisotopic (exact) mass is 391 g/mol. The normalized spacial score (nSPS) is 9.88. The second-order valence-electron chi connectivity index (χ2n) is 5.12. The summed E-state index contributed by atoms with van der Waals surface area (Å²) in [5.41, 5.74) is 12.7. The zero-order valence-electron chi connectivity index (χ0n) is 13.3. The summed E-state index contributed by atoms with van der Waals surface area (Å²) in [5.74, 6) is 0.0364. The molecule has 0 bridgehead atoms. The van der Waals surface area contributed by atoms with Crippen LogP contribution in [0.2, 0.25) is 5.02 Å². The molecule has 0 radical (unpaired) electrons. The van der Waals surface area contributed by atoms with Gasteiger partial charge in [0.2, 0.25) is 0 Å². The number of nitrogens with two attached hydrogens (primary N) is 2. The number of carbonyl (C=O) groups excluding carboxylic acids is 1. The molecule has 9 heteroatoms. The lowest BCUT2D eigenvalue weighted by Gasteiger charge is -2.02. The van der Waals surface area contributed by atoms with E-state index in [1.807, 2.05) is 0 Å². The van der Waals surface area contributed by atoms with Gasteiger partial charge in [-0.15, -0.1) is 12.4 Å². The fourth-order valence-corrected chi connectivity index (χ4v) is 2.32. The highest BCUT2D eigenvalue weighted by Crippen LogP contribution is 2.24. The first kappa shape index (κ1) is 19.3. The number of rotatable bonds is 4. The van der Waals surface area contributed by atoms with Crippen molar-refractivity contribution in [1.29, 1.82) is 0 Å². The van der Waals surface area contributed by atoms with Gasteiger partial charge in [-0.1, -0.05) is 22.8 Å². The van der Waals surface area contributed by atoms with E-state index in [0.29, 0.717) is 22.2 Å². The van der Waals surface area contributed by atoms with Crippen LogP contribution in [-0.4, -0.2) is 17.0 Å². The molecule has 3 aromatic rings. The number of hydrogen-bond donors (Lipinski definition) is 3. The first-order valence-corrected chi connectivity index (χ1v) is 7.63. The number of carbonyl (C=O) groups is 1. The Morgan fingerprint density at radius 1 is 1.12 bits per heavy atom. The maximum absolute atomic E-state index is 12.2. The Hall–Kier alpha value is -3.03. The Bertz CT molecular complexity index is 934. The molecule has 5 N–H and O–H groups in total. The third kappa shape index (κ3) is 4.75. The summed E-state index contributed by atoms with van der Waals surface area (Å²) in [6, 6.07) is 15.4. The van der Waals surface area contributed by atoms with E-state index in [1.165, 1.54) is 0 Å². The van der Waals surface area contributed by atoms with Gasteiger partial charge in [-0.25, -0.2) is 4.99 Å². The van der Waals surface area contributed by atoms with E-state index >= 15 is 0 Å². The van der Waals surface area contributed by atoms with Crippen molar-refractivity contribution in [2.45, 2.75) is 0 Å². The molecule has 0 aliphatic heterocycles. The molecule has 2 aromatic carbocycles. The summed E-state index contributed by atoms with van der Waals surface area (Å²) in [6.07, 6.45) is 0. The van der Waals surface area contributed by atoms with Crippen molar-refractivity contribution in [1.82, 2.24) is 5.16 Å². The molecule has 0 saturated heterocycles. The number of nitrogens with zero attached hydrogens (tertiary/aromatic N) is 2. The van der Waals surface area contributed by atoms with Crippen LogP contribution >= 0.6 is 24.0 Å². The van der Waals surface area contributed by atoms with Gasteiger partial charge >= 0.3 is 0 Å². The second kappa shape index (κ2) is 8.37. The molecule has 0 atom stereocenters. The minimum Gasteiger partial charge on any atom is -0.370 e. The Morgan fingerprint density at radius 3 is 2.50 bits per heavy atom. The standard InChI is InChI=1S/C17H14ClN5O2.ClH/c18-11-2-1-3-13(8-11)21-16(24)14-9-15(25-23-14)10-4-6-12(7-5-10)22-17(19)20;/h1-9H,(H,21,24)(H4,19,20,22);1H. The van der Waals surface area contributed by atoms with Crippen LogP contribution in [0.25, 0.3) is 11.3 Å². The number of nitrogens with one attached hydrogen (secondary N) is 1. The van der Waals surface area contributed by atoms with Crippen LogP contribution in [0, 0.1) is 0 Å². The van der Waals surface area contributed by atoms with Crippen LogP contribution < -0.4 is 16.8 Å². The van der Waals surface area contributed by atoms with Crippen molar-refractivity contribution in [2.75, 3.05) is 5.32 Å². The van der Waals surface area contributed by atoms with Crippen LogP contribution in [0.1, 0.15) is 10.5 Å². The van der Waals surface area contributed by atoms with Crippen LogP contribution in [0.15, 0.2) is 64.1 Å². The number of amides is 1. The molecule has 0 spiro atoms. The van der Waals surface area contributed by atoms with Gasteiger partial charge in [0.1, 0.15) is 0 Å². The lowest BCUT2D eigenvalue weighted by Crippen LogP contribution is -2.21. The molecule has 1 heterocycles. The fourth-order valence-electron chi connectivity index (χ4n) is 2.13. The molecular weight excluding hydrogens is 377 g/mol. The average molecular weight is 392 g/mol. The molecule has 7 nitrogen and oxygen atoms in total. The number of aliphatic imine (C=N–C) groups is 1. The minimum absolute atomic E-state index is 0. The van der Waals surface area contributed by atoms with Gasteiger partial charge in [0.05, 0.1) is 5.69 Å². The first-order valence-electron chi connectivity index (χ1n) is 7.25. The average Bonchev–Trinajstić information content (AvgIpc) is 3.05. The zero-order valence-corrected chi connectivity index (χ0v) is 14.9. The van der Waals surface area contributed by atoms with E-state index in [0.717, 1.165) is 5.56 Å². The van der Waals surface area contributed by atoms with Crippen molar-refractivity contribution >= 4 is 47.2 Å². The fraction of sp³-hybridized carbons (Fsp3) is 0. The van der Waals surface area contributed by atoms with Gasteiger partial charge in [0.15, 0.2) is 17.4 Å². The highest BCUT2D eigenvalue weighted by molar-refractivity contribution is 6.30. The van der Waals surface area contributed by atoms with Crippen LogP contribution in [0.3, 0.4) is 0 Å². The topological polar surface area (TPSA) is 120 Å². The Morgan fingerprint density at radius 2 is 1.85 bits per heavy atom. The Balaban J connectivity index is 0.00000243. The molecule has 134 valence electrons. The molecule has 0 aliphatic carbocycles. The van der Waals surface area contributed by atoms with Crippen molar-refractivity contribution < 1.29 is 9.32 Å². The highest BCUT2D eigenvalue weighted by Gasteiger charge is 2.14. The summed E-state index contributed by atoms with van der Waals surface area (Å²) >= 11 is 5.89. The molecule has 1 aromatic heterocycles. The highest BCUT2D eigenvalue weighted by atomic mass is 35.5. The molecule has 1 amide bonds. The predicted molar refractivity (Wildman–Crippen MR) is 104 cm³/mol. The smallest absolute Gasteiger partial charge is 0.277 e.